The van der Waals surface area contributed by atoms with Crippen LogP contribution in [0.2, 0.25) is 10.0 Å². The minimum absolute atomic E-state index is 0.169. The number of nitrogens with one attached hydrogen (secondary N) is 2. The van der Waals surface area contributed by atoms with Crippen LogP contribution in [-0.2, 0) is 4.79 Å². The summed E-state index contributed by atoms with van der Waals surface area (Å²) < 4.78 is 5.53. The Kier molecular flexibility index (Phi) is 6.41. The molecule has 1 aromatic heterocycles. The van der Waals surface area contributed by atoms with E-state index in [0.717, 1.165) is 16.6 Å². The van der Waals surface area contributed by atoms with Crippen molar-refractivity contribution in [2.75, 3.05) is 11.9 Å². The summed E-state index contributed by atoms with van der Waals surface area (Å²) in [6, 6.07) is 21.6. The second-order valence-electron chi connectivity index (χ2n) is 6.81. The lowest BCUT2D eigenvalue weighted by Gasteiger charge is -2.08. The van der Waals surface area contributed by atoms with Gasteiger partial charge in [0.15, 0.2) is 6.61 Å². The van der Waals surface area contributed by atoms with Crippen LogP contribution in [0.4, 0.5) is 5.69 Å². The van der Waals surface area contributed by atoms with Crippen molar-refractivity contribution in [2.24, 2.45) is 0 Å². The number of carbonyl (C=O) groups is 1. The molecule has 0 bridgehead atoms. The van der Waals surface area contributed by atoms with E-state index in [0.29, 0.717) is 32.9 Å². The zero-order valence-corrected chi connectivity index (χ0v) is 18.1. The topological polar surface area (TPSA) is 90.8 Å². The maximum absolute atomic E-state index is 12.1. The number of amides is 1. The molecule has 0 aliphatic rings. The van der Waals surface area contributed by atoms with Gasteiger partial charge in [-0.15, -0.1) is 0 Å². The van der Waals surface area contributed by atoms with E-state index in [1.165, 1.54) is 0 Å². The zero-order chi connectivity index (χ0) is 22.5. The molecule has 8 heteroatoms. The molecule has 4 rings (SSSR count). The maximum atomic E-state index is 12.1. The molecule has 0 spiro atoms. The van der Waals surface area contributed by atoms with Gasteiger partial charge in [-0.3, -0.25) is 4.79 Å². The second kappa shape index (κ2) is 9.56. The van der Waals surface area contributed by atoms with Crippen LogP contribution in [0.15, 0.2) is 66.7 Å². The normalized spacial score (nSPS) is 11.2. The second-order valence-corrected chi connectivity index (χ2v) is 7.62. The van der Waals surface area contributed by atoms with Crippen LogP contribution in [0.1, 0.15) is 11.4 Å². The van der Waals surface area contributed by atoms with Gasteiger partial charge in [0.2, 0.25) is 0 Å². The number of hydrogen-bond acceptors (Lipinski definition) is 4. The molecule has 158 valence electrons. The van der Waals surface area contributed by atoms with Crippen LogP contribution in [0.5, 0.6) is 5.75 Å². The van der Waals surface area contributed by atoms with E-state index >= 15 is 0 Å². The first-order valence-electron chi connectivity index (χ1n) is 9.56. The number of aromatic amines is 1. The number of imidazole rings is 1. The Bertz CT molecular complexity index is 1320. The number of rotatable bonds is 6. The molecule has 4 aromatic rings. The van der Waals surface area contributed by atoms with Crippen LogP contribution in [0, 0.1) is 11.3 Å². The highest BCUT2D eigenvalue weighted by atomic mass is 35.5. The number of halogens is 2. The Balaban J connectivity index is 1.39. The minimum Gasteiger partial charge on any atom is -0.484 e. The van der Waals surface area contributed by atoms with Crippen LogP contribution >= 0.6 is 23.2 Å². The maximum Gasteiger partial charge on any atom is 0.262 e. The summed E-state index contributed by atoms with van der Waals surface area (Å²) in [7, 11) is 0. The standard InChI is InChI=1S/C24H16Cl2N4O2/c25-19-10-7-17(12-20(19)26)28-23(31)14-32-18-8-5-15(6-9-18)11-16(13-27)24-29-21-3-1-2-4-22(21)30-24/h1-12H,14H2,(H,28,31)(H,29,30)/b16-11+. The van der Waals surface area contributed by atoms with E-state index in [1.807, 2.05) is 24.3 Å². The molecule has 0 saturated carbocycles. The number of nitriles is 1. The van der Waals surface area contributed by atoms with Gasteiger partial charge in [0.1, 0.15) is 17.6 Å². The van der Waals surface area contributed by atoms with Crippen LogP contribution in [0.25, 0.3) is 22.7 Å². The first-order valence-corrected chi connectivity index (χ1v) is 10.3. The van der Waals surface area contributed by atoms with Gasteiger partial charge >= 0.3 is 0 Å². The van der Waals surface area contributed by atoms with E-state index in [1.54, 1.807) is 48.5 Å². The first-order chi connectivity index (χ1) is 15.5. The Labute approximate surface area is 194 Å². The van der Waals surface area contributed by atoms with Gasteiger partial charge in [0.05, 0.1) is 26.7 Å². The molecule has 0 fully saturated rings. The molecule has 32 heavy (non-hydrogen) atoms. The highest BCUT2D eigenvalue weighted by molar-refractivity contribution is 6.42. The van der Waals surface area contributed by atoms with E-state index in [4.69, 9.17) is 27.9 Å². The van der Waals surface area contributed by atoms with Crippen LogP contribution in [0.3, 0.4) is 0 Å². The monoisotopic (exact) mass is 462 g/mol. The number of nitrogens with zero attached hydrogens (tertiary/aromatic N) is 2. The molecule has 2 N–H and O–H groups in total. The molecule has 3 aromatic carbocycles. The van der Waals surface area contributed by atoms with Crippen molar-refractivity contribution in [1.29, 1.82) is 5.26 Å². The van der Waals surface area contributed by atoms with Crippen molar-refractivity contribution in [3.8, 4) is 11.8 Å². The van der Waals surface area contributed by atoms with Crippen molar-refractivity contribution in [1.82, 2.24) is 9.97 Å². The van der Waals surface area contributed by atoms with Gasteiger partial charge in [-0.05, 0) is 54.1 Å². The van der Waals surface area contributed by atoms with Gasteiger partial charge in [-0.25, -0.2) is 4.98 Å². The smallest absolute Gasteiger partial charge is 0.262 e. The van der Waals surface area contributed by atoms with E-state index in [2.05, 4.69) is 21.4 Å². The van der Waals surface area contributed by atoms with Gasteiger partial charge in [-0.2, -0.15) is 5.26 Å². The van der Waals surface area contributed by atoms with Crippen molar-refractivity contribution in [3.05, 3.63) is 88.2 Å². The SMILES string of the molecule is N#C/C(=C\c1ccc(OCC(=O)Nc2ccc(Cl)c(Cl)c2)cc1)c1nc2ccccc2[nH]1. The van der Waals surface area contributed by atoms with Crippen LogP contribution in [-0.4, -0.2) is 22.5 Å². The molecule has 0 radical (unpaired) electrons. The number of aromatic nitrogens is 2. The zero-order valence-electron chi connectivity index (χ0n) is 16.6. The summed E-state index contributed by atoms with van der Waals surface area (Å²) >= 11 is 11.8. The van der Waals surface area contributed by atoms with Gasteiger partial charge in [0, 0.05) is 5.69 Å². The average Bonchev–Trinajstić information content (AvgIpc) is 3.23. The number of fused-ring (bicyclic) bond motifs is 1. The van der Waals surface area contributed by atoms with E-state index in [9.17, 15) is 10.1 Å². The lowest BCUT2D eigenvalue weighted by molar-refractivity contribution is -0.118. The van der Waals surface area contributed by atoms with Crippen molar-refractivity contribution < 1.29 is 9.53 Å². The number of ether oxygens (including phenoxy) is 1. The summed E-state index contributed by atoms with van der Waals surface area (Å²) in [5.41, 5.74) is 3.41. The highest BCUT2D eigenvalue weighted by Gasteiger charge is 2.09. The first kappa shape index (κ1) is 21.4. The number of allylic oxidation sites excluding steroid dienone is 1. The van der Waals surface area contributed by atoms with Gasteiger partial charge in [-0.1, -0.05) is 47.5 Å². The largest absolute Gasteiger partial charge is 0.484 e. The van der Waals surface area contributed by atoms with E-state index in [-0.39, 0.29) is 12.5 Å². The number of carbonyl (C=O) groups excluding carboxylic acids is 1. The quantitative estimate of drug-likeness (QED) is 0.346. The number of anilines is 1. The Morgan fingerprint density at radius 2 is 1.88 bits per heavy atom. The summed E-state index contributed by atoms with van der Waals surface area (Å²) in [5, 5.41) is 13.0. The minimum atomic E-state index is -0.330. The molecule has 0 unspecified atom stereocenters. The number of benzene rings is 3. The number of para-hydroxylation sites is 2. The molecule has 0 aliphatic carbocycles. The Morgan fingerprint density at radius 3 is 2.59 bits per heavy atom. The fraction of sp³-hybridized carbons (Fsp3) is 0.0417. The number of H-pyrrole nitrogens is 1. The van der Waals surface area contributed by atoms with Gasteiger partial charge in [0.25, 0.3) is 5.91 Å². The predicted octanol–water partition coefficient (Wildman–Crippen LogP) is 5.95. The van der Waals surface area contributed by atoms with Crippen molar-refractivity contribution in [3.63, 3.8) is 0 Å². The average molecular weight is 463 g/mol. The van der Waals surface area contributed by atoms with Crippen molar-refractivity contribution >= 4 is 57.5 Å². The molecule has 0 saturated heterocycles. The predicted molar refractivity (Wildman–Crippen MR) is 127 cm³/mol. The van der Waals surface area contributed by atoms with Crippen LogP contribution < -0.4 is 10.1 Å². The highest BCUT2D eigenvalue weighted by Crippen LogP contribution is 2.25. The lowest BCUT2D eigenvalue weighted by atomic mass is 10.1. The lowest BCUT2D eigenvalue weighted by Crippen LogP contribution is -2.20. The van der Waals surface area contributed by atoms with Gasteiger partial charge < -0.3 is 15.0 Å². The van der Waals surface area contributed by atoms with E-state index < -0.39 is 0 Å². The van der Waals surface area contributed by atoms with Crippen molar-refractivity contribution in [2.45, 2.75) is 0 Å². The summed E-state index contributed by atoms with van der Waals surface area (Å²) in [4.78, 5) is 19.7. The molecular weight excluding hydrogens is 447 g/mol. The summed E-state index contributed by atoms with van der Waals surface area (Å²) in [5.74, 6) is 0.700. The molecule has 1 heterocycles. The third kappa shape index (κ3) is 5.09. The third-order valence-electron chi connectivity index (χ3n) is 4.53. The molecule has 6 nitrogen and oxygen atoms in total. The summed E-state index contributed by atoms with van der Waals surface area (Å²) in [6.07, 6.45) is 1.73. The molecular formula is C24H16Cl2N4O2. The molecule has 0 atom stereocenters. The number of hydrogen-bond donors (Lipinski definition) is 2. The summed E-state index contributed by atoms with van der Waals surface area (Å²) in [6.45, 7) is -0.169. The third-order valence-corrected chi connectivity index (χ3v) is 5.27. The molecule has 0 aliphatic heterocycles. The Hall–Kier alpha value is -3.79. The fourth-order valence-corrected chi connectivity index (χ4v) is 3.28. The fourth-order valence-electron chi connectivity index (χ4n) is 2.98. The Morgan fingerprint density at radius 1 is 1.09 bits per heavy atom. The molecule has 1 amide bonds.